The maximum Gasteiger partial charge on any atom is 0.420 e. The van der Waals surface area contributed by atoms with Gasteiger partial charge in [0.15, 0.2) is 0 Å². The first kappa shape index (κ1) is 14.8. The van der Waals surface area contributed by atoms with Crippen molar-refractivity contribution in [2.24, 2.45) is 5.92 Å². The number of phenolic OH excluding ortho intramolecular Hbond substituents is 1. The van der Waals surface area contributed by atoms with Crippen molar-refractivity contribution >= 4 is 21.9 Å². The molecule has 2 N–H and O–H groups in total. The summed E-state index contributed by atoms with van der Waals surface area (Å²) >= 11 is 2.82. The van der Waals surface area contributed by atoms with Gasteiger partial charge in [-0.05, 0) is 40.0 Å². The van der Waals surface area contributed by atoms with Gasteiger partial charge in [0.25, 0.3) is 0 Å². The number of hydrogen-bond donors (Lipinski definition) is 2. The summed E-state index contributed by atoms with van der Waals surface area (Å²) in [6.07, 6.45) is -4.73. The van der Waals surface area contributed by atoms with Crippen molar-refractivity contribution in [1.29, 1.82) is 0 Å². The number of aromatic hydroxyl groups is 1. The van der Waals surface area contributed by atoms with Gasteiger partial charge in [0, 0.05) is 0 Å². The van der Waals surface area contributed by atoms with Crippen molar-refractivity contribution in [3.8, 4) is 5.75 Å². The van der Waals surface area contributed by atoms with E-state index in [9.17, 15) is 23.1 Å². The lowest BCUT2D eigenvalue weighted by Gasteiger charge is -2.13. The lowest BCUT2D eigenvalue weighted by atomic mass is 9.99. The van der Waals surface area contributed by atoms with E-state index in [1.807, 2.05) is 0 Å². The number of carboxylic acids is 1. The van der Waals surface area contributed by atoms with Crippen molar-refractivity contribution in [1.82, 2.24) is 0 Å². The summed E-state index contributed by atoms with van der Waals surface area (Å²) in [5, 5.41) is 18.0. The van der Waals surface area contributed by atoms with Crippen LogP contribution in [-0.4, -0.2) is 16.2 Å². The highest BCUT2D eigenvalue weighted by Gasteiger charge is 2.35. The Balaban J connectivity index is 3.17. The standard InChI is InChI=1S/C11H10BrF3O3/c1-5(10(17)18)2-6-3-7(11(13,14)15)9(16)8(12)4-6/h3-5,16H,2H2,1H3,(H,17,18). The van der Waals surface area contributed by atoms with Crippen LogP contribution in [0, 0.1) is 5.92 Å². The fourth-order valence-electron chi connectivity index (χ4n) is 1.43. The molecule has 1 rings (SSSR count). The Kier molecular flexibility index (Phi) is 4.26. The zero-order valence-corrected chi connectivity index (χ0v) is 10.8. The summed E-state index contributed by atoms with van der Waals surface area (Å²) in [7, 11) is 0. The molecule has 7 heteroatoms. The van der Waals surface area contributed by atoms with Crippen LogP contribution < -0.4 is 0 Å². The van der Waals surface area contributed by atoms with Crippen molar-refractivity contribution in [2.75, 3.05) is 0 Å². The zero-order valence-electron chi connectivity index (χ0n) is 9.25. The van der Waals surface area contributed by atoms with Crippen molar-refractivity contribution < 1.29 is 28.2 Å². The highest BCUT2D eigenvalue weighted by Crippen LogP contribution is 2.40. The molecule has 0 heterocycles. The van der Waals surface area contributed by atoms with Crippen LogP contribution in [0.25, 0.3) is 0 Å². The largest absolute Gasteiger partial charge is 0.506 e. The monoisotopic (exact) mass is 326 g/mol. The Bertz CT molecular complexity index is 471. The molecule has 0 amide bonds. The molecular formula is C11H10BrF3O3. The van der Waals surface area contributed by atoms with Gasteiger partial charge in [0.1, 0.15) is 5.75 Å². The number of aliphatic carboxylic acids is 1. The summed E-state index contributed by atoms with van der Waals surface area (Å²) in [4.78, 5) is 10.7. The minimum atomic E-state index is -4.69. The SMILES string of the molecule is CC(Cc1cc(Br)c(O)c(C(F)(F)F)c1)C(=O)O. The molecule has 1 aromatic rings. The minimum Gasteiger partial charge on any atom is -0.506 e. The van der Waals surface area contributed by atoms with Gasteiger partial charge in [-0.3, -0.25) is 4.79 Å². The Morgan fingerprint density at radius 1 is 1.44 bits per heavy atom. The van der Waals surface area contributed by atoms with Crippen molar-refractivity contribution in [2.45, 2.75) is 19.5 Å². The third kappa shape index (κ3) is 3.38. The van der Waals surface area contributed by atoms with Gasteiger partial charge in [-0.25, -0.2) is 0 Å². The van der Waals surface area contributed by atoms with Gasteiger partial charge in [-0.2, -0.15) is 13.2 Å². The van der Waals surface area contributed by atoms with Crippen LogP contribution in [0.3, 0.4) is 0 Å². The lowest BCUT2D eigenvalue weighted by molar-refractivity contribution is -0.141. The summed E-state index contributed by atoms with van der Waals surface area (Å²) in [5.74, 6) is -2.79. The van der Waals surface area contributed by atoms with E-state index in [1.165, 1.54) is 13.0 Å². The van der Waals surface area contributed by atoms with Crippen LogP contribution in [0.15, 0.2) is 16.6 Å². The highest BCUT2D eigenvalue weighted by atomic mass is 79.9. The predicted molar refractivity (Wildman–Crippen MR) is 61.3 cm³/mol. The first-order valence-corrected chi connectivity index (χ1v) is 5.73. The van der Waals surface area contributed by atoms with Crippen molar-refractivity contribution in [3.63, 3.8) is 0 Å². The van der Waals surface area contributed by atoms with Crippen LogP contribution in [-0.2, 0) is 17.4 Å². The second-order valence-corrected chi connectivity index (χ2v) is 4.77. The average Bonchev–Trinajstić information content (AvgIpc) is 2.21. The third-order valence-corrected chi connectivity index (χ3v) is 3.00. The molecule has 18 heavy (non-hydrogen) atoms. The lowest BCUT2D eigenvalue weighted by Crippen LogP contribution is -2.13. The second-order valence-electron chi connectivity index (χ2n) is 3.91. The molecule has 0 bridgehead atoms. The zero-order chi connectivity index (χ0) is 14.1. The Labute approximate surface area is 109 Å². The van der Waals surface area contributed by atoms with Crippen LogP contribution in [0.2, 0.25) is 0 Å². The Hall–Kier alpha value is -1.24. The molecular weight excluding hydrogens is 317 g/mol. The number of carboxylic acid groups (broad SMARTS) is 1. The van der Waals surface area contributed by atoms with Gasteiger partial charge >= 0.3 is 12.1 Å². The fourth-order valence-corrected chi connectivity index (χ4v) is 1.94. The number of rotatable bonds is 3. The molecule has 0 saturated heterocycles. The minimum absolute atomic E-state index is 0.0444. The molecule has 0 aromatic heterocycles. The van der Waals surface area contributed by atoms with Crippen molar-refractivity contribution in [3.05, 3.63) is 27.7 Å². The first-order valence-electron chi connectivity index (χ1n) is 4.94. The van der Waals surface area contributed by atoms with Crippen LogP contribution >= 0.6 is 15.9 Å². The molecule has 0 spiro atoms. The van der Waals surface area contributed by atoms with E-state index < -0.39 is 29.4 Å². The van der Waals surface area contributed by atoms with E-state index in [1.54, 1.807) is 0 Å². The molecule has 1 aromatic carbocycles. The number of alkyl halides is 3. The van der Waals surface area contributed by atoms with Gasteiger partial charge < -0.3 is 10.2 Å². The number of benzene rings is 1. The molecule has 0 aliphatic heterocycles. The Morgan fingerprint density at radius 3 is 2.44 bits per heavy atom. The molecule has 1 atom stereocenters. The van der Waals surface area contributed by atoms with Gasteiger partial charge in [0.05, 0.1) is 16.0 Å². The number of halogens is 4. The highest BCUT2D eigenvalue weighted by molar-refractivity contribution is 9.10. The molecule has 0 aliphatic carbocycles. The Morgan fingerprint density at radius 2 is 2.00 bits per heavy atom. The van der Waals surface area contributed by atoms with Crippen LogP contribution in [0.5, 0.6) is 5.75 Å². The van der Waals surface area contributed by atoms with E-state index in [0.717, 1.165) is 6.07 Å². The maximum atomic E-state index is 12.6. The quantitative estimate of drug-likeness (QED) is 0.894. The average molecular weight is 327 g/mol. The van der Waals surface area contributed by atoms with Gasteiger partial charge in [0.2, 0.25) is 0 Å². The number of phenols is 1. The molecule has 1 unspecified atom stereocenters. The normalized spacial score (nSPS) is 13.4. The predicted octanol–water partition coefficient (Wildman–Crippen LogP) is 3.44. The van der Waals surface area contributed by atoms with E-state index >= 15 is 0 Å². The first-order chi connectivity index (χ1) is 8.12. The number of carbonyl (C=O) groups is 1. The fraction of sp³-hybridized carbons (Fsp3) is 0.364. The van der Waals surface area contributed by atoms with E-state index in [-0.39, 0.29) is 16.5 Å². The van der Waals surface area contributed by atoms with E-state index in [0.29, 0.717) is 0 Å². The summed E-state index contributed by atoms with van der Waals surface area (Å²) in [5.41, 5.74) is -0.980. The summed E-state index contributed by atoms with van der Waals surface area (Å²) in [6.45, 7) is 1.40. The van der Waals surface area contributed by atoms with Crippen LogP contribution in [0.1, 0.15) is 18.1 Å². The molecule has 3 nitrogen and oxygen atoms in total. The second kappa shape index (κ2) is 5.17. The molecule has 100 valence electrons. The molecule has 0 saturated carbocycles. The van der Waals surface area contributed by atoms with Gasteiger partial charge in [-0.1, -0.05) is 6.92 Å². The van der Waals surface area contributed by atoms with E-state index in [4.69, 9.17) is 5.11 Å². The third-order valence-electron chi connectivity index (χ3n) is 2.39. The smallest absolute Gasteiger partial charge is 0.420 e. The maximum absolute atomic E-state index is 12.6. The molecule has 0 radical (unpaired) electrons. The summed E-state index contributed by atoms with van der Waals surface area (Å²) < 4.78 is 37.7. The topological polar surface area (TPSA) is 57.5 Å². The summed E-state index contributed by atoms with van der Waals surface area (Å²) in [6, 6.07) is 2.05. The molecule has 0 aliphatic rings. The van der Waals surface area contributed by atoms with Crippen LogP contribution in [0.4, 0.5) is 13.2 Å². The molecule has 0 fully saturated rings. The van der Waals surface area contributed by atoms with Gasteiger partial charge in [-0.15, -0.1) is 0 Å². The van der Waals surface area contributed by atoms with E-state index in [2.05, 4.69) is 15.9 Å². The number of hydrogen-bond acceptors (Lipinski definition) is 2.